The zero-order valence-electron chi connectivity index (χ0n) is 12.5. The SMILES string of the molecule is O=C1[C@@H]2[C@H]3C=C[C@@H]([C@@H]4C[C@H]34)[C@H]2C(=O)N1CNc1ccc(Cl)cc1. The monoisotopic (exact) mass is 328 g/mol. The molecule has 6 atom stereocenters. The van der Waals surface area contributed by atoms with E-state index in [9.17, 15) is 9.59 Å². The van der Waals surface area contributed by atoms with Crippen molar-refractivity contribution in [2.24, 2.45) is 35.5 Å². The zero-order chi connectivity index (χ0) is 15.7. The lowest BCUT2D eigenvalue weighted by molar-refractivity contribution is -0.139. The van der Waals surface area contributed by atoms with Crippen molar-refractivity contribution in [1.29, 1.82) is 0 Å². The van der Waals surface area contributed by atoms with E-state index >= 15 is 0 Å². The minimum atomic E-state index is -0.117. The standard InChI is InChI=1S/C18H17ClN2O2/c19-9-1-3-10(4-2-9)20-8-21-17(22)15-11-5-6-12(14-7-13(11)14)16(15)18(21)23/h1-6,11-16,20H,7-8H2/t11-,12-,13-,14+,15+,16+/m0/s1. The first-order valence-electron chi connectivity index (χ1n) is 8.18. The van der Waals surface area contributed by atoms with Crippen LogP contribution in [-0.4, -0.2) is 23.4 Å². The molecule has 5 aliphatic rings. The fraction of sp³-hybridized carbons (Fsp3) is 0.444. The summed E-state index contributed by atoms with van der Waals surface area (Å²) in [6.07, 6.45) is 5.58. The molecule has 1 saturated heterocycles. The van der Waals surface area contributed by atoms with Gasteiger partial charge in [-0.15, -0.1) is 0 Å². The Bertz CT molecular complexity index is 693. The number of halogens is 1. The summed E-state index contributed by atoms with van der Waals surface area (Å²) in [5.41, 5.74) is 0.855. The molecule has 118 valence electrons. The van der Waals surface area contributed by atoms with Gasteiger partial charge in [0, 0.05) is 10.7 Å². The van der Waals surface area contributed by atoms with Crippen LogP contribution in [-0.2, 0) is 9.59 Å². The molecule has 0 aromatic heterocycles. The van der Waals surface area contributed by atoms with Gasteiger partial charge in [0.25, 0.3) is 0 Å². The van der Waals surface area contributed by atoms with Crippen LogP contribution in [0.15, 0.2) is 36.4 Å². The van der Waals surface area contributed by atoms with Crippen LogP contribution in [0.3, 0.4) is 0 Å². The van der Waals surface area contributed by atoms with Gasteiger partial charge in [-0.3, -0.25) is 14.5 Å². The number of carbonyl (C=O) groups excluding carboxylic acids is 2. The van der Waals surface area contributed by atoms with Crippen molar-refractivity contribution >= 4 is 29.1 Å². The summed E-state index contributed by atoms with van der Waals surface area (Å²) in [4.78, 5) is 27.0. The van der Waals surface area contributed by atoms with Crippen molar-refractivity contribution in [3.05, 3.63) is 41.4 Å². The molecule has 2 saturated carbocycles. The number of anilines is 1. The predicted octanol–water partition coefficient (Wildman–Crippen LogP) is 2.76. The second-order valence-electron chi connectivity index (χ2n) is 7.10. The summed E-state index contributed by atoms with van der Waals surface area (Å²) in [7, 11) is 0. The third-order valence-corrected chi connectivity index (χ3v) is 6.29. The number of nitrogens with one attached hydrogen (secondary N) is 1. The van der Waals surface area contributed by atoms with E-state index in [0.717, 1.165) is 5.69 Å². The number of rotatable bonds is 3. The molecule has 0 spiro atoms. The molecule has 23 heavy (non-hydrogen) atoms. The van der Waals surface area contributed by atoms with E-state index in [0.29, 0.717) is 16.9 Å². The minimum Gasteiger partial charge on any atom is -0.367 e. The first-order valence-corrected chi connectivity index (χ1v) is 8.56. The summed E-state index contributed by atoms with van der Waals surface area (Å²) in [5, 5.41) is 3.83. The Kier molecular flexibility index (Phi) is 2.72. The average molecular weight is 329 g/mol. The maximum atomic E-state index is 12.8. The highest BCUT2D eigenvalue weighted by molar-refractivity contribution is 6.30. The molecule has 1 heterocycles. The summed E-state index contributed by atoms with van der Waals surface area (Å²) in [6.45, 7) is 0.237. The van der Waals surface area contributed by atoms with Crippen LogP contribution in [0.4, 0.5) is 5.69 Å². The second kappa shape index (κ2) is 4.60. The molecular weight excluding hydrogens is 312 g/mol. The zero-order valence-corrected chi connectivity index (χ0v) is 13.2. The molecule has 5 heteroatoms. The lowest BCUT2D eigenvalue weighted by Crippen LogP contribution is -2.40. The molecule has 0 radical (unpaired) electrons. The maximum absolute atomic E-state index is 12.8. The first kappa shape index (κ1) is 13.6. The van der Waals surface area contributed by atoms with Gasteiger partial charge >= 0.3 is 0 Å². The Morgan fingerprint density at radius 1 is 1.00 bits per heavy atom. The number of hydrogen-bond donors (Lipinski definition) is 1. The topological polar surface area (TPSA) is 49.4 Å². The number of allylic oxidation sites excluding steroid dienone is 2. The Morgan fingerprint density at radius 3 is 2.13 bits per heavy atom. The molecule has 1 aromatic carbocycles. The lowest BCUT2D eigenvalue weighted by Gasteiger charge is -2.37. The summed E-state index contributed by atoms with van der Waals surface area (Å²) in [6, 6.07) is 7.27. The number of hydrogen-bond acceptors (Lipinski definition) is 3. The normalized spacial score (nSPS) is 39.4. The molecule has 2 amide bonds. The van der Waals surface area contributed by atoms with Gasteiger partial charge in [-0.05, 0) is 54.4 Å². The maximum Gasteiger partial charge on any atom is 0.235 e. The van der Waals surface area contributed by atoms with Gasteiger partial charge in [0.2, 0.25) is 11.8 Å². The van der Waals surface area contributed by atoms with Crippen LogP contribution >= 0.6 is 11.6 Å². The van der Waals surface area contributed by atoms with Crippen LogP contribution in [0, 0.1) is 35.5 Å². The van der Waals surface area contributed by atoms with Gasteiger partial charge < -0.3 is 5.32 Å². The lowest BCUT2D eigenvalue weighted by atomic mass is 9.63. The Morgan fingerprint density at radius 2 is 1.57 bits per heavy atom. The molecule has 4 nitrogen and oxygen atoms in total. The summed E-state index contributed by atoms with van der Waals surface area (Å²) >= 11 is 5.87. The van der Waals surface area contributed by atoms with Crippen molar-refractivity contribution in [2.75, 3.05) is 12.0 Å². The van der Waals surface area contributed by atoms with E-state index in [1.807, 2.05) is 12.1 Å². The average Bonchev–Trinajstić information content (AvgIpc) is 3.33. The Balaban J connectivity index is 1.36. The van der Waals surface area contributed by atoms with Crippen LogP contribution in [0.2, 0.25) is 5.02 Å². The third kappa shape index (κ3) is 1.84. The number of nitrogens with zero attached hydrogens (tertiary/aromatic N) is 1. The quantitative estimate of drug-likeness (QED) is 0.685. The number of likely N-dealkylation sites (tertiary alicyclic amines) is 1. The van der Waals surface area contributed by atoms with Crippen molar-refractivity contribution in [1.82, 2.24) is 4.90 Å². The molecule has 1 aliphatic heterocycles. The molecule has 2 bridgehead atoms. The molecule has 1 N–H and O–H groups in total. The van der Waals surface area contributed by atoms with Crippen molar-refractivity contribution in [3.8, 4) is 0 Å². The van der Waals surface area contributed by atoms with Gasteiger partial charge in [-0.1, -0.05) is 23.8 Å². The molecule has 4 aliphatic carbocycles. The Labute approximate surface area is 139 Å². The molecular formula is C18H17ClN2O2. The summed E-state index contributed by atoms with van der Waals surface area (Å²) < 4.78 is 0. The highest BCUT2D eigenvalue weighted by Crippen LogP contribution is 2.65. The van der Waals surface area contributed by atoms with E-state index in [1.54, 1.807) is 12.1 Å². The van der Waals surface area contributed by atoms with Gasteiger partial charge in [0.05, 0.1) is 18.5 Å². The number of carbonyl (C=O) groups is 2. The van der Waals surface area contributed by atoms with E-state index in [2.05, 4.69) is 17.5 Å². The van der Waals surface area contributed by atoms with E-state index < -0.39 is 0 Å². The highest BCUT2D eigenvalue weighted by Gasteiger charge is 2.66. The number of imide groups is 1. The van der Waals surface area contributed by atoms with E-state index in [-0.39, 0.29) is 42.2 Å². The van der Waals surface area contributed by atoms with Crippen LogP contribution < -0.4 is 5.32 Å². The Hall–Kier alpha value is -1.81. The smallest absolute Gasteiger partial charge is 0.235 e. The van der Waals surface area contributed by atoms with Crippen molar-refractivity contribution < 1.29 is 9.59 Å². The molecule has 1 aromatic rings. The third-order valence-electron chi connectivity index (χ3n) is 6.04. The highest BCUT2D eigenvalue weighted by atomic mass is 35.5. The fourth-order valence-electron chi connectivity index (χ4n) is 4.91. The fourth-order valence-corrected chi connectivity index (χ4v) is 5.04. The second-order valence-corrected chi connectivity index (χ2v) is 7.54. The van der Waals surface area contributed by atoms with Crippen LogP contribution in [0.5, 0.6) is 0 Å². The van der Waals surface area contributed by atoms with Gasteiger partial charge in [-0.25, -0.2) is 0 Å². The van der Waals surface area contributed by atoms with Gasteiger partial charge in [0.1, 0.15) is 0 Å². The van der Waals surface area contributed by atoms with Crippen LogP contribution in [0.25, 0.3) is 0 Å². The van der Waals surface area contributed by atoms with Gasteiger partial charge in [0.15, 0.2) is 0 Å². The number of amides is 2. The molecule has 3 fully saturated rings. The van der Waals surface area contributed by atoms with Crippen LogP contribution in [0.1, 0.15) is 6.42 Å². The molecule has 6 rings (SSSR count). The first-order chi connectivity index (χ1) is 11.1. The number of benzene rings is 1. The minimum absolute atomic E-state index is 0.00571. The van der Waals surface area contributed by atoms with Gasteiger partial charge in [-0.2, -0.15) is 0 Å². The van der Waals surface area contributed by atoms with Crippen molar-refractivity contribution in [3.63, 3.8) is 0 Å². The van der Waals surface area contributed by atoms with E-state index in [4.69, 9.17) is 11.6 Å². The summed E-state index contributed by atoms with van der Waals surface area (Å²) in [5.74, 6) is 1.64. The van der Waals surface area contributed by atoms with Crippen molar-refractivity contribution in [2.45, 2.75) is 6.42 Å². The predicted molar refractivity (Wildman–Crippen MR) is 86.5 cm³/mol. The van der Waals surface area contributed by atoms with E-state index in [1.165, 1.54) is 11.3 Å². The largest absolute Gasteiger partial charge is 0.367 e. The molecule has 0 unspecified atom stereocenters.